The second-order valence-electron chi connectivity index (χ2n) is 4.04. The lowest BCUT2D eigenvalue weighted by atomic mass is 10.1. The van der Waals surface area contributed by atoms with Crippen molar-refractivity contribution < 1.29 is 0 Å². The van der Waals surface area contributed by atoms with Gasteiger partial charge in [0.05, 0.1) is 0 Å². The fourth-order valence-electron chi connectivity index (χ4n) is 1.37. The Balaban J connectivity index is 2.46. The van der Waals surface area contributed by atoms with E-state index in [1.54, 1.807) is 0 Å². The number of benzene rings is 1. The Labute approximate surface area is 100 Å². The van der Waals surface area contributed by atoms with Gasteiger partial charge in [-0.1, -0.05) is 28.9 Å². The number of rotatable bonds is 5. The third kappa shape index (κ3) is 4.33. The molecule has 0 aliphatic heterocycles. The van der Waals surface area contributed by atoms with Crippen LogP contribution in [0.2, 0.25) is 0 Å². The molecular weight excluding hydrogens is 252 g/mol. The zero-order valence-electron chi connectivity index (χ0n) is 9.39. The lowest BCUT2D eigenvalue weighted by Gasteiger charge is -2.11. The van der Waals surface area contributed by atoms with Crippen molar-refractivity contribution in [3.63, 3.8) is 0 Å². The fourth-order valence-corrected chi connectivity index (χ4v) is 1.78. The molecule has 0 saturated heterocycles. The molecule has 0 aromatic heterocycles. The predicted molar refractivity (Wildman–Crippen MR) is 68.8 cm³/mol. The van der Waals surface area contributed by atoms with Crippen LogP contribution >= 0.6 is 15.9 Å². The number of hydrogen-bond acceptors (Lipinski definition) is 2. The van der Waals surface area contributed by atoms with E-state index in [4.69, 9.17) is 5.73 Å². The van der Waals surface area contributed by atoms with Gasteiger partial charge in [-0.3, -0.25) is 0 Å². The summed E-state index contributed by atoms with van der Waals surface area (Å²) in [5.41, 5.74) is 8.22. The van der Waals surface area contributed by atoms with Crippen molar-refractivity contribution >= 4 is 15.9 Å². The van der Waals surface area contributed by atoms with E-state index in [0.29, 0.717) is 5.92 Å². The molecule has 0 aliphatic carbocycles. The van der Waals surface area contributed by atoms with E-state index in [0.717, 1.165) is 24.1 Å². The number of nitrogens with two attached hydrogens (primary N) is 1. The van der Waals surface area contributed by atoms with Gasteiger partial charge in [-0.15, -0.1) is 0 Å². The molecular formula is C12H19BrN2. The molecule has 0 heterocycles. The van der Waals surface area contributed by atoms with Crippen molar-refractivity contribution in [2.45, 2.75) is 20.4 Å². The first kappa shape index (κ1) is 12.7. The summed E-state index contributed by atoms with van der Waals surface area (Å²) in [5.74, 6) is 0.539. The molecule has 1 atom stereocenters. The maximum atomic E-state index is 5.56. The fraction of sp³-hybridized carbons (Fsp3) is 0.500. The van der Waals surface area contributed by atoms with Crippen molar-refractivity contribution in [3.05, 3.63) is 33.8 Å². The van der Waals surface area contributed by atoms with Crippen LogP contribution in [0.25, 0.3) is 0 Å². The van der Waals surface area contributed by atoms with Gasteiger partial charge in [-0.2, -0.15) is 0 Å². The van der Waals surface area contributed by atoms with Crippen molar-refractivity contribution in [2.75, 3.05) is 13.1 Å². The Morgan fingerprint density at radius 3 is 2.87 bits per heavy atom. The SMILES string of the molecule is Cc1ccc(Br)cc1CNCC(C)CN. The summed E-state index contributed by atoms with van der Waals surface area (Å²) < 4.78 is 1.14. The van der Waals surface area contributed by atoms with Gasteiger partial charge in [0, 0.05) is 11.0 Å². The minimum Gasteiger partial charge on any atom is -0.330 e. The smallest absolute Gasteiger partial charge is 0.0208 e. The van der Waals surface area contributed by atoms with Gasteiger partial charge in [0.15, 0.2) is 0 Å². The first-order valence-electron chi connectivity index (χ1n) is 5.29. The molecule has 0 amide bonds. The third-order valence-corrected chi connectivity index (χ3v) is 3.02. The quantitative estimate of drug-likeness (QED) is 0.863. The topological polar surface area (TPSA) is 38.0 Å². The molecule has 3 N–H and O–H groups in total. The molecule has 0 saturated carbocycles. The van der Waals surface area contributed by atoms with Gasteiger partial charge in [-0.05, 0) is 49.2 Å². The molecule has 0 radical (unpaired) electrons. The summed E-state index contributed by atoms with van der Waals surface area (Å²) in [7, 11) is 0. The van der Waals surface area contributed by atoms with Gasteiger partial charge in [-0.25, -0.2) is 0 Å². The molecule has 3 heteroatoms. The highest BCUT2D eigenvalue weighted by Gasteiger charge is 2.01. The van der Waals surface area contributed by atoms with Gasteiger partial charge in [0.25, 0.3) is 0 Å². The number of nitrogens with one attached hydrogen (secondary N) is 1. The predicted octanol–water partition coefficient (Wildman–Crippen LogP) is 2.44. The monoisotopic (exact) mass is 270 g/mol. The summed E-state index contributed by atoms with van der Waals surface area (Å²) in [6, 6.07) is 6.37. The molecule has 0 bridgehead atoms. The van der Waals surface area contributed by atoms with E-state index in [1.807, 2.05) is 0 Å². The summed E-state index contributed by atoms with van der Waals surface area (Å²) in [5, 5.41) is 3.42. The van der Waals surface area contributed by atoms with Gasteiger partial charge in [0.2, 0.25) is 0 Å². The Morgan fingerprint density at radius 1 is 1.47 bits per heavy atom. The van der Waals surface area contributed by atoms with Gasteiger partial charge >= 0.3 is 0 Å². The second-order valence-corrected chi connectivity index (χ2v) is 4.96. The maximum Gasteiger partial charge on any atom is 0.0208 e. The van der Waals surface area contributed by atoms with E-state index in [2.05, 4.69) is 53.3 Å². The third-order valence-electron chi connectivity index (χ3n) is 2.52. The number of halogens is 1. The van der Waals surface area contributed by atoms with Crippen LogP contribution in [0.3, 0.4) is 0 Å². The zero-order valence-corrected chi connectivity index (χ0v) is 11.0. The summed E-state index contributed by atoms with van der Waals surface area (Å²) in [4.78, 5) is 0. The summed E-state index contributed by atoms with van der Waals surface area (Å²) >= 11 is 3.48. The standard InChI is InChI=1S/C12H19BrN2/c1-9(6-14)7-15-8-11-5-12(13)4-3-10(11)2/h3-5,9,15H,6-8,14H2,1-2H3. The molecule has 1 aromatic rings. The van der Waals surface area contributed by atoms with Crippen LogP contribution < -0.4 is 11.1 Å². The maximum absolute atomic E-state index is 5.56. The van der Waals surface area contributed by atoms with Crippen LogP contribution in [0.1, 0.15) is 18.1 Å². The van der Waals surface area contributed by atoms with E-state index in [1.165, 1.54) is 11.1 Å². The number of hydrogen-bond donors (Lipinski definition) is 2. The van der Waals surface area contributed by atoms with E-state index in [9.17, 15) is 0 Å². The van der Waals surface area contributed by atoms with Crippen LogP contribution in [0, 0.1) is 12.8 Å². The minimum absolute atomic E-state index is 0.539. The first-order valence-corrected chi connectivity index (χ1v) is 6.08. The summed E-state index contributed by atoms with van der Waals surface area (Å²) in [6.07, 6.45) is 0. The molecule has 1 aromatic carbocycles. The van der Waals surface area contributed by atoms with Crippen LogP contribution in [-0.4, -0.2) is 13.1 Å². The molecule has 15 heavy (non-hydrogen) atoms. The van der Waals surface area contributed by atoms with Crippen LogP contribution in [-0.2, 0) is 6.54 Å². The average Bonchev–Trinajstić information content (AvgIpc) is 2.23. The largest absolute Gasteiger partial charge is 0.330 e. The number of aryl methyl sites for hydroxylation is 1. The van der Waals surface area contributed by atoms with Crippen LogP contribution in [0.4, 0.5) is 0 Å². The second kappa shape index (κ2) is 6.26. The lowest BCUT2D eigenvalue weighted by Crippen LogP contribution is -2.26. The normalized spacial score (nSPS) is 12.8. The van der Waals surface area contributed by atoms with Crippen molar-refractivity contribution in [3.8, 4) is 0 Å². The Kier molecular flexibility index (Phi) is 5.29. The van der Waals surface area contributed by atoms with Gasteiger partial charge in [0.1, 0.15) is 0 Å². The molecule has 0 fully saturated rings. The van der Waals surface area contributed by atoms with Gasteiger partial charge < -0.3 is 11.1 Å². The van der Waals surface area contributed by atoms with Crippen molar-refractivity contribution in [1.29, 1.82) is 0 Å². The van der Waals surface area contributed by atoms with Crippen LogP contribution in [0.15, 0.2) is 22.7 Å². The molecule has 1 unspecified atom stereocenters. The first-order chi connectivity index (χ1) is 7.13. The van der Waals surface area contributed by atoms with E-state index in [-0.39, 0.29) is 0 Å². The van der Waals surface area contributed by atoms with Crippen molar-refractivity contribution in [1.82, 2.24) is 5.32 Å². The molecule has 2 nitrogen and oxygen atoms in total. The Morgan fingerprint density at radius 2 is 2.20 bits per heavy atom. The summed E-state index contributed by atoms with van der Waals surface area (Å²) in [6.45, 7) is 6.92. The highest BCUT2D eigenvalue weighted by Crippen LogP contribution is 2.15. The van der Waals surface area contributed by atoms with Crippen molar-refractivity contribution in [2.24, 2.45) is 11.7 Å². The Hall–Kier alpha value is -0.380. The Bertz CT molecular complexity index is 312. The molecule has 1 rings (SSSR count). The average molecular weight is 271 g/mol. The minimum atomic E-state index is 0.539. The van der Waals surface area contributed by atoms with Crippen LogP contribution in [0.5, 0.6) is 0 Å². The van der Waals surface area contributed by atoms with E-state index >= 15 is 0 Å². The highest BCUT2D eigenvalue weighted by atomic mass is 79.9. The lowest BCUT2D eigenvalue weighted by molar-refractivity contribution is 0.521. The molecule has 0 spiro atoms. The highest BCUT2D eigenvalue weighted by molar-refractivity contribution is 9.10. The van der Waals surface area contributed by atoms with E-state index < -0.39 is 0 Å². The zero-order chi connectivity index (χ0) is 11.3. The molecule has 84 valence electrons. The molecule has 0 aliphatic rings.